The highest BCUT2D eigenvalue weighted by molar-refractivity contribution is 6.05. The maximum atomic E-state index is 11.8. The van der Waals surface area contributed by atoms with Gasteiger partial charge in [0, 0.05) is 12.7 Å². The maximum Gasteiger partial charge on any atom is 0.392 e. The summed E-state index contributed by atoms with van der Waals surface area (Å²) in [6, 6.07) is 0. The molecule has 0 saturated carbocycles. The van der Waals surface area contributed by atoms with E-state index in [9.17, 15) is 18.0 Å². The number of nitrogens with zero attached hydrogens (tertiary/aromatic N) is 2. The summed E-state index contributed by atoms with van der Waals surface area (Å²) < 4.78 is 36.9. The Labute approximate surface area is 90.6 Å². The average molecular weight is 232 g/mol. The number of allylic oxidation sites excluding steroid dienone is 2. The number of rotatable bonds is 3. The molecule has 0 fully saturated rings. The molecule has 0 atom stereocenters. The fourth-order valence-corrected chi connectivity index (χ4v) is 1.13. The number of carbonyl (C=O) groups excluding carboxylic acids is 1. The van der Waals surface area contributed by atoms with E-state index in [1.807, 2.05) is 0 Å². The van der Waals surface area contributed by atoms with E-state index in [1.165, 1.54) is 10.9 Å². The monoisotopic (exact) mass is 232 g/mol. The van der Waals surface area contributed by atoms with Crippen LogP contribution in [0.25, 0.3) is 0 Å². The SMILES string of the molecule is Cc1c(C(=O)/C=C/CC(F)(F)F)cnn1C. The Hall–Kier alpha value is -1.59. The van der Waals surface area contributed by atoms with E-state index in [1.54, 1.807) is 14.0 Å². The van der Waals surface area contributed by atoms with Gasteiger partial charge in [-0.15, -0.1) is 0 Å². The van der Waals surface area contributed by atoms with Gasteiger partial charge < -0.3 is 0 Å². The summed E-state index contributed by atoms with van der Waals surface area (Å²) in [5, 5.41) is 3.83. The highest BCUT2D eigenvalue weighted by atomic mass is 19.4. The van der Waals surface area contributed by atoms with Crippen LogP contribution in [-0.4, -0.2) is 21.7 Å². The molecule has 0 aliphatic carbocycles. The predicted octanol–water partition coefficient (Wildman–Crippen LogP) is 2.42. The zero-order valence-electron chi connectivity index (χ0n) is 8.88. The number of hydrogen-bond acceptors (Lipinski definition) is 2. The van der Waals surface area contributed by atoms with Crippen LogP contribution in [0.15, 0.2) is 18.3 Å². The third-order valence-corrected chi connectivity index (χ3v) is 2.12. The first-order valence-corrected chi connectivity index (χ1v) is 4.57. The Morgan fingerprint density at radius 3 is 2.62 bits per heavy atom. The van der Waals surface area contributed by atoms with Gasteiger partial charge in [0.1, 0.15) is 0 Å². The molecular formula is C10H11F3N2O. The molecule has 0 bridgehead atoms. The van der Waals surface area contributed by atoms with Crippen LogP contribution in [-0.2, 0) is 7.05 Å². The van der Waals surface area contributed by atoms with Crippen LogP contribution in [0.4, 0.5) is 13.2 Å². The van der Waals surface area contributed by atoms with Crippen molar-refractivity contribution in [1.82, 2.24) is 9.78 Å². The van der Waals surface area contributed by atoms with E-state index in [0.29, 0.717) is 11.3 Å². The van der Waals surface area contributed by atoms with E-state index in [0.717, 1.165) is 12.2 Å². The zero-order valence-corrected chi connectivity index (χ0v) is 8.88. The lowest BCUT2D eigenvalue weighted by Crippen LogP contribution is -2.05. The van der Waals surface area contributed by atoms with Crippen molar-refractivity contribution in [3.05, 3.63) is 29.6 Å². The summed E-state index contributed by atoms with van der Waals surface area (Å²) in [7, 11) is 1.66. The quantitative estimate of drug-likeness (QED) is 0.592. The van der Waals surface area contributed by atoms with Gasteiger partial charge in [-0.3, -0.25) is 9.48 Å². The van der Waals surface area contributed by atoms with Crippen molar-refractivity contribution in [1.29, 1.82) is 0 Å². The molecule has 88 valence electrons. The summed E-state index contributed by atoms with van der Waals surface area (Å²) in [6.07, 6.45) is -2.29. The van der Waals surface area contributed by atoms with Gasteiger partial charge in [0.2, 0.25) is 0 Å². The Morgan fingerprint density at radius 1 is 1.56 bits per heavy atom. The van der Waals surface area contributed by atoms with E-state index >= 15 is 0 Å². The van der Waals surface area contributed by atoms with E-state index < -0.39 is 18.4 Å². The van der Waals surface area contributed by atoms with Gasteiger partial charge >= 0.3 is 6.18 Å². The van der Waals surface area contributed by atoms with Crippen molar-refractivity contribution in [3.63, 3.8) is 0 Å². The third-order valence-electron chi connectivity index (χ3n) is 2.12. The fraction of sp³-hybridized carbons (Fsp3) is 0.400. The van der Waals surface area contributed by atoms with Crippen molar-refractivity contribution < 1.29 is 18.0 Å². The summed E-state index contributed by atoms with van der Waals surface area (Å²) in [5.41, 5.74) is 0.947. The topological polar surface area (TPSA) is 34.9 Å². The minimum absolute atomic E-state index is 0.320. The highest BCUT2D eigenvalue weighted by Gasteiger charge is 2.24. The van der Waals surface area contributed by atoms with Crippen molar-refractivity contribution in [2.45, 2.75) is 19.5 Å². The smallest absolute Gasteiger partial charge is 0.289 e. The number of halogens is 3. The van der Waals surface area contributed by atoms with E-state index in [2.05, 4.69) is 5.10 Å². The average Bonchev–Trinajstić information content (AvgIpc) is 2.45. The molecule has 1 rings (SSSR count). The molecule has 0 radical (unpaired) electrons. The van der Waals surface area contributed by atoms with Crippen LogP contribution in [0.5, 0.6) is 0 Å². The molecule has 1 heterocycles. The second kappa shape index (κ2) is 4.51. The van der Waals surface area contributed by atoms with E-state index in [4.69, 9.17) is 0 Å². The summed E-state index contributed by atoms with van der Waals surface area (Å²) in [6.45, 7) is 1.68. The summed E-state index contributed by atoms with van der Waals surface area (Å²) in [5.74, 6) is -0.463. The highest BCUT2D eigenvalue weighted by Crippen LogP contribution is 2.20. The number of hydrogen-bond donors (Lipinski definition) is 0. The van der Waals surface area contributed by atoms with Gasteiger partial charge in [-0.05, 0) is 13.0 Å². The second-order valence-corrected chi connectivity index (χ2v) is 3.35. The van der Waals surface area contributed by atoms with Gasteiger partial charge in [0.15, 0.2) is 5.78 Å². The summed E-state index contributed by atoms with van der Waals surface area (Å²) in [4.78, 5) is 11.5. The molecule has 0 aliphatic rings. The lowest BCUT2D eigenvalue weighted by atomic mass is 10.1. The predicted molar refractivity (Wildman–Crippen MR) is 52.1 cm³/mol. The molecular weight excluding hydrogens is 221 g/mol. The number of alkyl halides is 3. The van der Waals surface area contributed by atoms with Crippen LogP contribution >= 0.6 is 0 Å². The molecule has 3 nitrogen and oxygen atoms in total. The van der Waals surface area contributed by atoms with Gasteiger partial charge in [-0.25, -0.2) is 0 Å². The molecule has 0 aliphatic heterocycles. The summed E-state index contributed by atoms with van der Waals surface area (Å²) >= 11 is 0. The number of aromatic nitrogens is 2. The van der Waals surface area contributed by atoms with E-state index in [-0.39, 0.29) is 0 Å². The Morgan fingerprint density at radius 2 is 2.19 bits per heavy atom. The lowest BCUT2D eigenvalue weighted by Gasteiger charge is -2.00. The molecule has 0 N–H and O–H groups in total. The molecule has 0 unspecified atom stereocenters. The Kier molecular flexibility index (Phi) is 3.51. The molecule has 16 heavy (non-hydrogen) atoms. The standard InChI is InChI=1S/C10H11F3N2O/c1-7-8(6-14-15(7)2)9(16)4-3-5-10(11,12)13/h3-4,6H,5H2,1-2H3/b4-3+. The Bertz CT molecular complexity index is 418. The third kappa shape index (κ3) is 3.22. The number of carbonyl (C=O) groups is 1. The molecule has 1 aromatic heterocycles. The van der Waals surface area contributed by atoms with Gasteiger partial charge in [-0.1, -0.05) is 6.08 Å². The van der Waals surface area contributed by atoms with Gasteiger partial charge in [0.25, 0.3) is 0 Å². The first kappa shape index (κ1) is 12.5. The molecule has 0 saturated heterocycles. The number of aryl methyl sites for hydroxylation is 1. The molecule has 0 spiro atoms. The molecule has 1 aromatic rings. The Balaban J connectivity index is 2.70. The van der Waals surface area contributed by atoms with Crippen molar-refractivity contribution in [2.24, 2.45) is 7.05 Å². The van der Waals surface area contributed by atoms with Gasteiger partial charge in [-0.2, -0.15) is 18.3 Å². The largest absolute Gasteiger partial charge is 0.392 e. The van der Waals surface area contributed by atoms with Gasteiger partial charge in [0.05, 0.1) is 18.2 Å². The lowest BCUT2D eigenvalue weighted by molar-refractivity contribution is -0.125. The van der Waals surface area contributed by atoms with Crippen LogP contribution in [0.3, 0.4) is 0 Å². The van der Waals surface area contributed by atoms with Crippen LogP contribution in [0.2, 0.25) is 0 Å². The van der Waals surface area contributed by atoms with Crippen molar-refractivity contribution in [3.8, 4) is 0 Å². The molecule has 0 aromatic carbocycles. The first-order chi connectivity index (χ1) is 7.31. The van der Waals surface area contributed by atoms with Crippen LogP contribution in [0.1, 0.15) is 22.5 Å². The zero-order chi connectivity index (χ0) is 12.3. The normalized spacial score (nSPS) is 12.3. The molecule has 0 amide bonds. The molecule has 6 heteroatoms. The maximum absolute atomic E-state index is 11.8. The van der Waals surface area contributed by atoms with Crippen LogP contribution in [0, 0.1) is 6.92 Å². The first-order valence-electron chi connectivity index (χ1n) is 4.57. The van der Waals surface area contributed by atoms with Crippen molar-refractivity contribution in [2.75, 3.05) is 0 Å². The number of ketones is 1. The minimum Gasteiger partial charge on any atom is -0.289 e. The van der Waals surface area contributed by atoms with Crippen molar-refractivity contribution >= 4 is 5.78 Å². The fourth-order valence-electron chi connectivity index (χ4n) is 1.13. The van der Waals surface area contributed by atoms with Crippen LogP contribution < -0.4 is 0 Å². The second-order valence-electron chi connectivity index (χ2n) is 3.35. The minimum atomic E-state index is -4.28.